The number of pyridine rings is 1. The molecule has 0 aliphatic carbocycles. The molecule has 1 aromatic heterocycles. The lowest BCUT2D eigenvalue weighted by Crippen LogP contribution is -2.30. The van der Waals surface area contributed by atoms with E-state index in [2.05, 4.69) is 5.32 Å². The Labute approximate surface area is 110 Å². The summed E-state index contributed by atoms with van der Waals surface area (Å²) in [5.41, 5.74) is 0.192. The van der Waals surface area contributed by atoms with E-state index in [4.69, 9.17) is 4.74 Å². The lowest BCUT2D eigenvalue weighted by atomic mass is 10.1. The van der Waals surface area contributed by atoms with Crippen LogP contribution in [-0.2, 0) is 6.54 Å². The van der Waals surface area contributed by atoms with E-state index >= 15 is 0 Å². The van der Waals surface area contributed by atoms with E-state index in [1.54, 1.807) is 38.4 Å². The standard InChI is InChI=1S/C14H16N2O3/c1-4-16-12(13(17)15-2)8-9-7-10(19-3)5-6-11(9)14(16)18/h5-8H,4H2,1-3H3,(H,15,17). The largest absolute Gasteiger partial charge is 0.497 e. The molecule has 0 aliphatic heterocycles. The van der Waals surface area contributed by atoms with Crippen LogP contribution >= 0.6 is 0 Å². The van der Waals surface area contributed by atoms with Gasteiger partial charge in [-0.2, -0.15) is 0 Å². The van der Waals surface area contributed by atoms with Crippen molar-refractivity contribution in [1.82, 2.24) is 9.88 Å². The fourth-order valence-electron chi connectivity index (χ4n) is 2.09. The molecule has 0 fully saturated rings. The van der Waals surface area contributed by atoms with E-state index in [1.807, 2.05) is 6.92 Å². The van der Waals surface area contributed by atoms with Crippen molar-refractivity contribution < 1.29 is 9.53 Å². The van der Waals surface area contributed by atoms with Gasteiger partial charge >= 0.3 is 0 Å². The predicted octanol–water partition coefficient (Wildman–Crippen LogP) is 1.39. The third-order valence-corrected chi connectivity index (χ3v) is 3.09. The van der Waals surface area contributed by atoms with E-state index < -0.39 is 0 Å². The number of fused-ring (bicyclic) bond motifs is 1. The maximum Gasteiger partial charge on any atom is 0.267 e. The average molecular weight is 260 g/mol. The number of carbonyl (C=O) groups is 1. The molecule has 2 rings (SSSR count). The molecule has 1 amide bonds. The lowest BCUT2D eigenvalue weighted by Gasteiger charge is -2.12. The van der Waals surface area contributed by atoms with Crippen molar-refractivity contribution >= 4 is 16.7 Å². The van der Waals surface area contributed by atoms with Crippen LogP contribution in [-0.4, -0.2) is 24.6 Å². The van der Waals surface area contributed by atoms with Crippen molar-refractivity contribution in [2.45, 2.75) is 13.5 Å². The van der Waals surface area contributed by atoms with Crippen LogP contribution in [0.5, 0.6) is 5.75 Å². The number of carbonyl (C=O) groups excluding carboxylic acids is 1. The zero-order chi connectivity index (χ0) is 14.0. The van der Waals surface area contributed by atoms with Gasteiger partial charge in [0.25, 0.3) is 11.5 Å². The number of hydrogen-bond donors (Lipinski definition) is 1. The molecule has 2 aromatic rings. The summed E-state index contributed by atoms with van der Waals surface area (Å²) in [5.74, 6) is 0.382. The smallest absolute Gasteiger partial charge is 0.267 e. The van der Waals surface area contributed by atoms with Crippen LogP contribution in [0.15, 0.2) is 29.1 Å². The Morgan fingerprint density at radius 2 is 2.11 bits per heavy atom. The van der Waals surface area contributed by atoms with Crippen molar-refractivity contribution in [3.63, 3.8) is 0 Å². The number of nitrogens with one attached hydrogen (secondary N) is 1. The third-order valence-electron chi connectivity index (χ3n) is 3.09. The molecule has 0 atom stereocenters. The summed E-state index contributed by atoms with van der Waals surface area (Å²) in [6, 6.07) is 6.92. The highest BCUT2D eigenvalue weighted by molar-refractivity contribution is 5.96. The first kappa shape index (κ1) is 13.1. The monoisotopic (exact) mass is 260 g/mol. The Balaban J connectivity index is 2.81. The summed E-state index contributed by atoms with van der Waals surface area (Å²) >= 11 is 0. The molecule has 5 nitrogen and oxygen atoms in total. The molecule has 0 saturated heterocycles. The van der Waals surface area contributed by atoms with E-state index in [0.29, 0.717) is 28.8 Å². The van der Waals surface area contributed by atoms with Crippen LogP contribution in [0.4, 0.5) is 0 Å². The van der Waals surface area contributed by atoms with Crippen LogP contribution in [0.25, 0.3) is 10.8 Å². The highest BCUT2D eigenvalue weighted by atomic mass is 16.5. The number of nitrogens with zero attached hydrogens (tertiary/aromatic N) is 1. The SMILES string of the molecule is CCn1c(C(=O)NC)cc2cc(OC)ccc2c1=O. The number of rotatable bonds is 3. The zero-order valence-electron chi connectivity index (χ0n) is 11.2. The Morgan fingerprint density at radius 1 is 1.37 bits per heavy atom. The molecule has 1 N–H and O–H groups in total. The van der Waals surface area contributed by atoms with Gasteiger partial charge in [0, 0.05) is 19.0 Å². The highest BCUT2D eigenvalue weighted by Crippen LogP contribution is 2.19. The van der Waals surface area contributed by atoms with Crippen molar-refractivity contribution in [1.29, 1.82) is 0 Å². The molecule has 19 heavy (non-hydrogen) atoms. The highest BCUT2D eigenvalue weighted by Gasteiger charge is 2.13. The van der Waals surface area contributed by atoms with Gasteiger partial charge in [-0.25, -0.2) is 0 Å². The Morgan fingerprint density at radius 3 is 2.68 bits per heavy atom. The van der Waals surface area contributed by atoms with E-state index in [-0.39, 0.29) is 11.5 Å². The van der Waals surface area contributed by atoms with Crippen molar-refractivity contribution in [3.05, 3.63) is 40.3 Å². The first-order valence-electron chi connectivity index (χ1n) is 6.06. The van der Waals surface area contributed by atoms with E-state index in [0.717, 1.165) is 0 Å². The molecule has 0 saturated carbocycles. The number of methoxy groups -OCH3 is 1. The summed E-state index contributed by atoms with van der Waals surface area (Å²) < 4.78 is 6.60. The Kier molecular flexibility index (Phi) is 3.55. The first-order valence-corrected chi connectivity index (χ1v) is 6.06. The van der Waals surface area contributed by atoms with Crippen LogP contribution in [0.2, 0.25) is 0 Å². The van der Waals surface area contributed by atoms with Gasteiger partial charge in [0.15, 0.2) is 0 Å². The molecule has 1 aromatic carbocycles. The van der Waals surface area contributed by atoms with Crippen molar-refractivity contribution in [3.8, 4) is 5.75 Å². The maximum atomic E-state index is 12.3. The van der Waals surface area contributed by atoms with E-state index in [1.165, 1.54) is 4.57 Å². The van der Waals surface area contributed by atoms with Gasteiger partial charge in [-0.05, 0) is 36.6 Å². The van der Waals surface area contributed by atoms with Gasteiger partial charge in [-0.1, -0.05) is 0 Å². The van der Waals surface area contributed by atoms with Gasteiger partial charge in [-0.3, -0.25) is 9.59 Å². The average Bonchev–Trinajstić information content (AvgIpc) is 2.45. The Hall–Kier alpha value is -2.30. The third kappa shape index (κ3) is 2.19. The van der Waals surface area contributed by atoms with Gasteiger partial charge in [0.2, 0.25) is 0 Å². The number of benzene rings is 1. The maximum absolute atomic E-state index is 12.3. The Bertz CT molecular complexity index is 689. The molecule has 100 valence electrons. The van der Waals surface area contributed by atoms with E-state index in [9.17, 15) is 9.59 Å². The van der Waals surface area contributed by atoms with Crippen LogP contribution in [0.3, 0.4) is 0 Å². The fraction of sp³-hybridized carbons (Fsp3) is 0.286. The predicted molar refractivity (Wildman–Crippen MR) is 73.8 cm³/mol. The fourth-order valence-corrected chi connectivity index (χ4v) is 2.09. The first-order chi connectivity index (χ1) is 9.12. The second kappa shape index (κ2) is 5.14. The minimum atomic E-state index is -0.274. The summed E-state index contributed by atoms with van der Waals surface area (Å²) in [4.78, 5) is 24.2. The number of ether oxygens (including phenoxy) is 1. The second-order valence-electron chi connectivity index (χ2n) is 4.11. The summed E-state index contributed by atoms with van der Waals surface area (Å²) in [7, 11) is 3.11. The lowest BCUT2D eigenvalue weighted by molar-refractivity contribution is 0.0953. The summed E-state index contributed by atoms with van der Waals surface area (Å²) in [6.45, 7) is 2.28. The van der Waals surface area contributed by atoms with Crippen LogP contribution < -0.4 is 15.6 Å². The quantitative estimate of drug-likeness (QED) is 0.907. The van der Waals surface area contributed by atoms with Crippen LogP contribution in [0, 0.1) is 0 Å². The normalized spacial score (nSPS) is 10.5. The van der Waals surface area contributed by atoms with Gasteiger partial charge < -0.3 is 14.6 Å². The molecule has 0 radical (unpaired) electrons. The van der Waals surface area contributed by atoms with Crippen molar-refractivity contribution in [2.75, 3.05) is 14.2 Å². The molecule has 0 spiro atoms. The molecular formula is C14H16N2O3. The molecule has 0 bridgehead atoms. The second-order valence-corrected chi connectivity index (χ2v) is 4.11. The summed E-state index contributed by atoms with van der Waals surface area (Å²) in [6.07, 6.45) is 0. The number of aromatic nitrogens is 1. The number of amides is 1. The van der Waals surface area contributed by atoms with Gasteiger partial charge in [0.05, 0.1) is 7.11 Å². The molecule has 1 heterocycles. The minimum absolute atomic E-state index is 0.166. The minimum Gasteiger partial charge on any atom is -0.497 e. The molecule has 0 aliphatic rings. The zero-order valence-corrected chi connectivity index (χ0v) is 11.2. The molecular weight excluding hydrogens is 244 g/mol. The molecule has 0 unspecified atom stereocenters. The number of hydrogen-bond acceptors (Lipinski definition) is 3. The van der Waals surface area contributed by atoms with Crippen molar-refractivity contribution in [2.24, 2.45) is 0 Å². The topological polar surface area (TPSA) is 60.3 Å². The molecule has 5 heteroatoms. The van der Waals surface area contributed by atoms with Crippen LogP contribution in [0.1, 0.15) is 17.4 Å². The summed E-state index contributed by atoms with van der Waals surface area (Å²) in [5, 5.41) is 3.83. The van der Waals surface area contributed by atoms with Gasteiger partial charge in [-0.15, -0.1) is 0 Å². The van der Waals surface area contributed by atoms with Gasteiger partial charge in [0.1, 0.15) is 11.4 Å².